The maximum atomic E-state index is 9.81. The molecular formula is C41H51NO6S. The van der Waals surface area contributed by atoms with Crippen LogP contribution < -0.4 is 9.47 Å². The minimum absolute atomic E-state index is 0.0213. The molecule has 2 N–H and O–H groups in total. The molecule has 3 aromatic carbocycles. The second kappa shape index (κ2) is 16.6. The lowest BCUT2D eigenvalue weighted by atomic mass is 9.56. The van der Waals surface area contributed by atoms with E-state index in [1.807, 2.05) is 49.0 Å². The molecule has 49 heavy (non-hydrogen) atoms. The van der Waals surface area contributed by atoms with Crippen LogP contribution in [0.4, 0.5) is 0 Å². The van der Waals surface area contributed by atoms with Gasteiger partial charge >= 0.3 is 0 Å². The van der Waals surface area contributed by atoms with Crippen LogP contribution in [-0.2, 0) is 9.57 Å². The number of oxime groups is 1. The molecule has 0 amide bonds. The SMILES string of the molecule is C=CCO[C@@]12Oc3ccc(Oc4ccc5ccccc5c4)cc3[C@H]3[C@H](CCCCO)[C@@H](CCCCO)C=C(C(=NOCC)C[C@@H]1SCC)[C@H]32. The summed E-state index contributed by atoms with van der Waals surface area (Å²) < 4.78 is 20.7. The summed E-state index contributed by atoms with van der Waals surface area (Å²) in [5, 5.41) is 26.5. The topological polar surface area (TPSA) is 89.7 Å². The highest BCUT2D eigenvalue weighted by Gasteiger charge is 2.63. The second-order valence-corrected chi connectivity index (χ2v) is 14.7. The third-order valence-electron chi connectivity index (χ3n) is 10.2. The summed E-state index contributed by atoms with van der Waals surface area (Å²) in [5.41, 5.74) is 3.23. The number of thioether (sulfide) groups is 1. The molecule has 0 spiro atoms. The van der Waals surface area contributed by atoms with Crippen molar-refractivity contribution in [3.63, 3.8) is 0 Å². The summed E-state index contributed by atoms with van der Waals surface area (Å²) in [4.78, 5) is 5.77. The van der Waals surface area contributed by atoms with E-state index < -0.39 is 5.79 Å². The van der Waals surface area contributed by atoms with E-state index in [0.717, 1.165) is 83.8 Å². The minimum atomic E-state index is -0.935. The van der Waals surface area contributed by atoms with E-state index in [9.17, 15) is 10.2 Å². The Labute approximate surface area is 295 Å². The molecule has 1 saturated carbocycles. The number of nitrogens with zero attached hydrogens (tertiary/aromatic N) is 1. The van der Waals surface area contributed by atoms with E-state index in [1.54, 1.807) is 0 Å². The predicted octanol–water partition coefficient (Wildman–Crippen LogP) is 9.04. The van der Waals surface area contributed by atoms with Gasteiger partial charge in [0.15, 0.2) is 0 Å². The van der Waals surface area contributed by atoms with Gasteiger partial charge in [-0.2, -0.15) is 11.8 Å². The highest BCUT2D eigenvalue weighted by atomic mass is 32.2. The van der Waals surface area contributed by atoms with Crippen molar-refractivity contribution in [2.24, 2.45) is 22.9 Å². The average Bonchev–Trinajstić information content (AvgIpc) is 3.12. The molecule has 1 aliphatic heterocycles. The third-order valence-corrected chi connectivity index (χ3v) is 11.5. The number of unbranched alkanes of at least 4 members (excludes halogenated alkanes) is 2. The van der Waals surface area contributed by atoms with Gasteiger partial charge in [-0.1, -0.05) is 67.4 Å². The Morgan fingerprint density at radius 1 is 0.959 bits per heavy atom. The molecule has 1 heterocycles. The van der Waals surface area contributed by atoms with Crippen LogP contribution >= 0.6 is 11.8 Å². The van der Waals surface area contributed by atoms with E-state index >= 15 is 0 Å². The first-order chi connectivity index (χ1) is 24.1. The molecule has 0 bridgehead atoms. The number of rotatable bonds is 17. The van der Waals surface area contributed by atoms with Crippen molar-refractivity contribution in [3.05, 3.63) is 90.5 Å². The third kappa shape index (κ3) is 7.43. The summed E-state index contributed by atoms with van der Waals surface area (Å²) >= 11 is 1.85. The first kappa shape index (κ1) is 35.5. The molecule has 6 rings (SSSR count). The summed E-state index contributed by atoms with van der Waals surface area (Å²) in [6, 6.07) is 20.7. The molecule has 0 radical (unpaired) electrons. The molecule has 0 aromatic heterocycles. The highest BCUT2D eigenvalue weighted by molar-refractivity contribution is 8.00. The Hall–Kier alpha value is -3.30. The number of allylic oxidation sites excluding steroid dienone is 1. The van der Waals surface area contributed by atoms with Crippen molar-refractivity contribution in [2.45, 2.75) is 75.7 Å². The van der Waals surface area contributed by atoms with Gasteiger partial charge in [0.25, 0.3) is 0 Å². The van der Waals surface area contributed by atoms with Crippen LogP contribution in [0.2, 0.25) is 0 Å². The Bertz CT molecular complexity index is 1640. The minimum Gasteiger partial charge on any atom is -0.460 e. The standard InChI is InChI=1S/C41H51NO6S/c1-4-23-45-41-38(49-6-3)27-36(42-46-5-2)34-25-30(15-9-11-21-43)33(16-10-12-22-44)39(40(34)41)35-26-32(19-20-37(35)48-41)47-31-18-17-28-13-7-8-14-29(28)24-31/h4,7-8,13-14,17-20,24-26,30,33,38-40,43-44H,1,5-6,9-12,15-16,21-23,27H2,2-3H3/t30-,33+,38-,39+,40+,41+/m0/s1. The Kier molecular flexibility index (Phi) is 12.0. The van der Waals surface area contributed by atoms with E-state index in [-0.39, 0.29) is 42.1 Å². The molecule has 0 saturated heterocycles. The lowest BCUT2D eigenvalue weighted by Crippen LogP contribution is -2.64. The van der Waals surface area contributed by atoms with Crippen LogP contribution in [0.5, 0.6) is 17.2 Å². The van der Waals surface area contributed by atoms with Gasteiger partial charge in [0.1, 0.15) is 23.9 Å². The van der Waals surface area contributed by atoms with Crippen LogP contribution in [0.15, 0.2) is 90.1 Å². The zero-order chi connectivity index (χ0) is 34.2. The summed E-state index contributed by atoms with van der Waals surface area (Å²) in [7, 11) is 0. The average molecular weight is 686 g/mol. The number of aliphatic hydroxyl groups is 2. The van der Waals surface area contributed by atoms with Crippen molar-refractivity contribution in [1.29, 1.82) is 0 Å². The Balaban J connectivity index is 1.51. The van der Waals surface area contributed by atoms with Gasteiger partial charge in [0.05, 0.1) is 23.5 Å². The zero-order valence-electron chi connectivity index (χ0n) is 28.9. The van der Waals surface area contributed by atoms with Gasteiger partial charge < -0.3 is 29.3 Å². The largest absolute Gasteiger partial charge is 0.460 e. The molecular weight excluding hydrogens is 635 g/mol. The number of aliphatic hydroxyl groups excluding tert-OH is 2. The van der Waals surface area contributed by atoms with Crippen molar-refractivity contribution < 1.29 is 29.3 Å². The smallest absolute Gasteiger partial charge is 0.230 e. The molecule has 3 aromatic rings. The quantitative estimate of drug-likeness (QED) is 0.0833. The maximum Gasteiger partial charge on any atom is 0.230 e. The molecule has 6 atom stereocenters. The van der Waals surface area contributed by atoms with E-state index in [4.69, 9.17) is 24.2 Å². The van der Waals surface area contributed by atoms with Gasteiger partial charge in [-0.15, -0.1) is 6.58 Å². The fourth-order valence-electron chi connectivity index (χ4n) is 8.25. The molecule has 3 aliphatic rings. The van der Waals surface area contributed by atoms with Crippen LogP contribution in [0.1, 0.15) is 70.3 Å². The van der Waals surface area contributed by atoms with Gasteiger partial charge in [-0.3, -0.25) is 0 Å². The van der Waals surface area contributed by atoms with Crippen LogP contribution in [-0.4, -0.2) is 59.1 Å². The van der Waals surface area contributed by atoms with Crippen LogP contribution in [0.3, 0.4) is 0 Å². The summed E-state index contributed by atoms with van der Waals surface area (Å²) in [5.74, 6) is 2.74. The Morgan fingerprint density at radius 2 is 1.71 bits per heavy atom. The number of hydrogen-bond donors (Lipinski definition) is 2. The predicted molar refractivity (Wildman–Crippen MR) is 199 cm³/mol. The van der Waals surface area contributed by atoms with Crippen LogP contribution in [0.25, 0.3) is 10.8 Å². The van der Waals surface area contributed by atoms with Gasteiger partial charge in [-0.25, -0.2) is 0 Å². The van der Waals surface area contributed by atoms with Crippen molar-refractivity contribution >= 4 is 28.2 Å². The Morgan fingerprint density at radius 3 is 2.47 bits per heavy atom. The number of benzene rings is 3. The van der Waals surface area contributed by atoms with E-state index in [0.29, 0.717) is 19.6 Å². The number of fused-ring (bicyclic) bond motifs is 3. The first-order valence-corrected chi connectivity index (χ1v) is 19.1. The normalized spacial score (nSPS) is 26.4. The van der Waals surface area contributed by atoms with Gasteiger partial charge in [0, 0.05) is 31.1 Å². The first-order valence-electron chi connectivity index (χ1n) is 18.1. The number of hydrogen-bond acceptors (Lipinski definition) is 8. The molecule has 2 aliphatic carbocycles. The maximum absolute atomic E-state index is 9.81. The molecule has 1 fully saturated rings. The highest BCUT2D eigenvalue weighted by Crippen LogP contribution is 2.62. The zero-order valence-corrected chi connectivity index (χ0v) is 29.7. The van der Waals surface area contributed by atoms with Crippen molar-refractivity contribution in [1.82, 2.24) is 0 Å². The summed E-state index contributed by atoms with van der Waals surface area (Å²) in [6.07, 6.45) is 10.2. The van der Waals surface area contributed by atoms with Gasteiger partial charge in [0.2, 0.25) is 5.79 Å². The van der Waals surface area contributed by atoms with Crippen molar-refractivity contribution in [2.75, 3.05) is 32.2 Å². The molecule has 0 unspecified atom stereocenters. The fourth-order valence-corrected chi connectivity index (χ4v) is 9.42. The lowest BCUT2D eigenvalue weighted by molar-refractivity contribution is -0.223. The van der Waals surface area contributed by atoms with Crippen molar-refractivity contribution in [3.8, 4) is 17.2 Å². The van der Waals surface area contributed by atoms with Gasteiger partial charge in [-0.05, 0) is 96.9 Å². The van der Waals surface area contributed by atoms with E-state index in [2.05, 4.69) is 56.0 Å². The molecule has 262 valence electrons. The monoisotopic (exact) mass is 685 g/mol. The second-order valence-electron chi connectivity index (χ2n) is 13.2. The molecule has 7 nitrogen and oxygen atoms in total. The lowest BCUT2D eigenvalue weighted by Gasteiger charge is -2.58. The van der Waals surface area contributed by atoms with E-state index in [1.165, 1.54) is 5.39 Å². The molecule has 8 heteroatoms. The fraction of sp³-hybridized carbons (Fsp3) is 0.488. The van der Waals surface area contributed by atoms with Crippen LogP contribution in [0, 0.1) is 17.8 Å². The number of ether oxygens (including phenoxy) is 3. The summed E-state index contributed by atoms with van der Waals surface area (Å²) in [6.45, 7) is 9.36.